The molecule has 0 spiro atoms. The standard InChI is InChI=1S/C14H22N2O4/c1-9(2)11(8-17)12-6-10(16-20-12)7-15-13(18)19-14(3,4)5/h6,8-9,11H,7H2,1-5H3,(H,15,18). The van der Waals surface area contributed by atoms with Crippen LogP contribution >= 0.6 is 0 Å². The SMILES string of the molecule is CC(C)C(C=O)c1cc(CNC(=O)OC(C)(C)C)no1. The Kier molecular flexibility index (Phi) is 5.30. The van der Waals surface area contributed by atoms with E-state index in [4.69, 9.17) is 9.26 Å². The predicted octanol–water partition coefficient (Wildman–Crippen LogP) is 2.64. The molecular formula is C14H22N2O4. The lowest BCUT2D eigenvalue weighted by molar-refractivity contribution is -0.110. The molecule has 1 atom stereocenters. The minimum absolute atomic E-state index is 0.132. The van der Waals surface area contributed by atoms with Gasteiger partial charge in [-0.3, -0.25) is 0 Å². The molecule has 1 heterocycles. The first-order chi connectivity index (χ1) is 9.23. The number of carbonyl (C=O) groups excluding carboxylic acids is 2. The van der Waals surface area contributed by atoms with E-state index in [0.29, 0.717) is 11.5 Å². The molecule has 0 aromatic carbocycles. The summed E-state index contributed by atoms with van der Waals surface area (Å²) >= 11 is 0. The summed E-state index contributed by atoms with van der Waals surface area (Å²) in [5.41, 5.74) is 0.0117. The van der Waals surface area contributed by atoms with Crippen LogP contribution in [0, 0.1) is 5.92 Å². The van der Waals surface area contributed by atoms with Crippen LogP contribution in [0.1, 0.15) is 52.0 Å². The highest BCUT2D eigenvalue weighted by atomic mass is 16.6. The van der Waals surface area contributed by atoms with Gasteiger partial charge in [-0.1, -0.05) is 19.0 Å². The van der Waals surface area contributed by atoms with Crippen molar-refractivity contribution in [1.82, 2.24) is 10.5 Å². The Bertz CT molecular complexity index is 460. The van der Waals surface area contributed by atoms with Crippen LogP contribution in [-0.4, -0.2) is 23.1 Å². The van der Waals surface area contributed by atoms with Crippen molar-refractivity contribution in [3.8, 4) is 0 Å². The van der Waals surface area contributed by atoms with E-state index in [9.17, 15) is 9.59 Å². The molecule has 1 rings (SSSR count). The van der Waals surface area contributed by atoms with Crippen molar-refractivity contribution >= 4 is 12.4 Å². The molecule has 0 saturated carbocycles. The van der Waals surface area contributed by atoms with Gasteiger partial charge in [0, 0.05) is 6.07 Å². The number of hydrogen-bond donors (Lipinski definition) is 1. The number of carbonyl (C=O) groups is 2. The van der Waals surface area contributed by atoms with Gasteiger partial charge >= 0.3 is 6.09 Å². The number of aldehydes is 1. The Morgan fingerprint density at radius 2 is 2.15 bits per heavy atom. The Labute approximate surface area is 118 Å². The molecule has 1 unspecified atom stereocenters. The summed E-state index contributed by atoms with van der Waals surface area (Å²) in [6.07, 6.45) is 0.328. The zero-order valence-corrected chi connectivity index (χ0v) is 12.6. The molecule has 6 nitrogen and oxygen atoms in total. The minimum Gasteiger partial charge on any atom is -0.444 e. The van der Waals surface area contributed by atoms with Gasteiger partial charge in [-0.25, -0.2) is 4.79 Å². The van der Waals surface area contributed by atoms with Crippen molar-refractivity contribution in [2.75, 3.05) is 0 Å². The van der Waals surface area contributed by atoms with Gasteiger partial charge in [0.05, 0.1) is 12.5 Å². The number of aromatic nitrogens is 1. The minimum atomic E-state index is -0.542. The quantitative estimate of drug-likeness (QED) is 0.839. The number of hydrogen-bond acceptors (Lipinski definition) is 5. The Balaban J connectivity index is 2.57. The fourth-order valence-electron chi connectivity index (χ4n) is 1.60. The smallest absolute Gasteiger partial charge is 0.407 e. The van der Waals surface area contributed by atoms with E-state index in [1.807, 2.05) is 13.8 Å². The number of nitrogens with zero attached hydrogens (tertiary/aromatic N) is 1. The molecule has 1 aromatic rings. The molecule has 0 aliphatic heterocycles. The van der Waals surface area contributed by atoms with E-state index < -0.39 is 11.7 Å². The van der Waals surface area contributed by atoms with Crippen molar-refractivity contribution in [3.05, 3.63) is 17.5 Å². The molecule has 0 saturated heterocycles. The van der Waals surface area contributed by atoms with Crippen LogP contribution in [0.4, 0.5) is 4.79 Å². The van der Waals surface area contributed by atoms with Gasteiger partial charge in [-0.2, -0.15) is 0 Å². The Hall–Kier alpha value is -1.85. The molecular weight excluding hydrogens is 260 g/mol. The number of alkyl carbamates (subject to hydrolysis) is 1. The van der Waals surface area contributed by atoms with E-state index in [-0.39, 0.29) is 18.4 Å². The van der Waals surface area contributed by atoms with Crippen LogP contribution in [0.15, 0.2) is 10.6 Å². The van der Waals surface area contributed by atoms with E-state index in [0.717, 1.165) is 6.29 Å². The fourth-order valence-corrected chi connectivity index (χ4v) is 1.60. The van der Waals surface area contributed by atoms with Crippen LogP contribution in [-0.2, 0) is 16.1 Å². The maximum atomic E-state index is 11.5. The van der Waals surface area contributed by atoms with Crippen LogP contribution < -0.4 is 5.32 Å². The van der Waals surface area contributed by atoms with E-state index >= 15 is 0 Å². The summed E-state index contributed by atoms with van der Waals surface area (Å²) in [4.78, 5) is 22.5. The second-order valence-electron chi connectivity index (χ2n) is 5.98. The molecule has 0 radical (unpaired) electrons. The maximum absolute atomic E-state index is 11.5. The molecule has 0 aliphatic rings. The molecule has 1 N–H and O–H groups in total. The van der Waals surface area contributed by atoms with Crippen molar-refractivity contribution < 1.29 is 18.8 Å². The highest BCUT2D eigenvalue weighted by Crippen LogP contribution is 2.22. The van der Waals surface area contributed by atoms with Gasteiger partial charge in [0.1, 0.15) is 23.3 Å². The van der Waals surface area contributed by atoms with Crippen molar-refractivity contribution in [2.45, 2.75) is 52.7 Å². The summed E-state index contributed by atoms with van der Waals surface area (Å²) in [5, 5.41) is 6.41. The van der Waals surface area contributed by atoms with Gasteiger partial charge < -0.3 is 19.4 Å². The number of amides is 1. The van der Waals surface area contributed by atoms with E-state index in [1.165, 1.54) is 0 Å². The molecule has 112 valence electrons. The lowest BCUT2D eigenvalue weighted by Gasteiger charge is -2.19. The van der Waals surface area contributed by atoms with E-state index in [1.54, 1.807) is 26.8 Å². The molecule has 0 aliphatic carbocycles. The summed E-state index contributed by atoms with van der Waals surface area (Å²) < 4.78 is 10.2. The van der Waals surface area contributed by atoms with Crippen molar-refractivity contribution in [1.29, 1.82) is 0 Å². The topological polar surface area (TPSA) is 81.4 Å². The van der Waals surface area contributed by atoms with Crippen LogP contribution in [0.3, 0.4) is 0 Å². The second kappa shape index (κ2) is 6.54. The summed E-state index contributed by atoms with van der Waals surface area (Å²) in [6, 6.07) is 1.68. The number of nitrogens with one attached hydrogen (secondary N) is 1. The average molecular weight is 282 g/mol. The number of ether oxygens (including phenoxy) is 1. The van der Waals surface area contributed by atoms with Crippen LogP contribution in [0.25, 0.3) is 0 Å². The zero-order valence-electron chi connectivity index (χ0n) is 12.6. The first kappa shape index (κ1) is 16.2. The largest absolute Gasteiger partial charge is 0.444 e. The van der Waals surface area contributed by atoms with Crippen molar-refractivity contribution in [2.24, 2.45) is 5.92 Å². The lowest BCUT2D eigenvalue weighted by Crippen LogP contribution is -2.32. The first-order valence-corrected chi connectivity index (χ1v) is 6.60. The molecule has 0 fully saturated rings. The van der Waals surface area contributed by atoms with Gasteiger partial charge in [0.15, 0.2) is 0 Å². The highest BCUT2D eigenvalue weighted by molar-refractivity contribution is 5.67. The van der Waals surface area contributed by atoms with Gasteiger partial charge in [-0.05, 0) is 26.7 Å². The fraction of sp³-hybridized carbons (Fsp3) is 0.643. The lowest BCUT2D eigenvalue weighted by atomic mass is 9.95. The molecule has 1 amide bonds. The van der Waals surface area contributed by atoms with Gasteiger partial charge in [-0.15, -0.1) is 0 Å². The third-order valence-corrected chi connectivity index (χ3v) is 2.58. The molecule has 0 bridgehead atoms. The summed E-state index contributed by atoms with van der Waals surface area (Å²) in [6.45, 7) is 9.43. The molecule has 6 heteroatoms. The average Bonchev–Trinajstić information content (AvgIpc) is 2.73. The predicted molar refractivity (Wildman–Crippen MR) is 73.2 cm³/mol. The molecule has 20 heavy (non-hydrogen) atoms. The van der Waals surface area contributed by atoms with Crippen molar-refractivity contribution in [3.63, 3.8) is 0 Å². The second-order valence-corrected chi connectivity index (χ2v) is 5.98. The van der Waals surface area contributed by atoms with Gasteiger partial charge in [0.2, 0.25) is 0 Å². The normalized spacial score (nSPS) is 13.1. The van der Waals surface area contributed by atoms with E-state index in [2.05, 4.69) is 10.5 Å². The maximum Gasteiger partial charge on any atom is 0.407 e. The Morgan fingerprint density at radius 1 is 1.50 bits per heavy atom. The third kappa shape index (κ3) is 5.03. The summed E-state index contributed by atoms with van der Waals surface area (Å²) in [7, 11) is 0. The van der Waals surface area contributed by atoms with Gasteiger partial charge in [0.25, 0.3) is 0 Å². The highest BCUT2D eigenvalue weighted by Gasteiger charge is 2.21. The third-order valence-electron chi connectivity index (χ3n) is 2.58. The first-order valence-electron chi connectivity index (χ1n) is 6.60. The van der Waals surface area contributed by atoms with Crippen LogP contribution in [0.5, 0.6) is 0 Å². The Morgan fingerprint density at radius 3 is 2.65 bits per heavy atom. The zero-order chi connectivity index (χ0) is 15.3. The monoisotopic (exact) mass is 282 g/mol. The summed E-state index contributed by atoms with van der Waals surface area (Å²) in [5.74, 6) is 0.320. The molecule has 1 aromatic heterocycles. The number of rotatable bonds is 5. The van der Waals surface area contributed by atoms with Crippen LogP contribution in [0.2, 0.25) is 0 Å².